The summed E-state index contributed by atoms with van der Waals surface area (Å²) in [6.07, 6.45) is 0.497. The van der Waals surface area contributed by atoms with Gasteiger partial charge in [-0.3, -0.25) is 9.89 Å². The summed E-state index contributed by atoms with van der Waals surface area (Å²) in [4.78, 5) is 14.8. The van der Waals surface area contributed by atoms with Crippen LogP contribution in [-0.4, -0.2) is 44.4 Å². The molecule has 144 valence electrons. The fraction of sp³-hybridized carbons (Fsp3) is 0.273. The Morgan fingerprint density at radius 1 is 1.11 bits per heavy atom. The first-order valence-corrected chi connectivity index (χ1v) is 9.38. The number of phenolic OH excluding ortho intramolecular Hbond substituents is 1. The second kappa shape index (κ2) is 7.13. The zero-order valence-corrected chi connectivity index (χ0v) is 15.9. The van der Waals surface area contributed by atoms with Crippen LogP contribution in [0.4, 0.5) is 0 Å². The van der Waals surface area contributed by atoms with Gasteiger partial charge in [0, 0.05) is 24.3 Å². The lowest BCUT2D eigenvalue weighted by molar-refractivity contribution is 0.0732. The van der Waals surface area contributed by atoms with E-state index in [1.54, 1.807) is 11.0 Å². The highest BCUT2D eigenvalue weighted by Gasteiger charge is 2.42. The van der Waals surface area contributed by atoms with E-state index < -0.39 is 0 Å². The lowest BCUT2D eigenvalue weighted by Crippen LogP contribution is -2.31. The fourth-order valence-electron chi connectivity index (χ4n) is 3.81. The number of aryl methyl sites for hydroxylation is 2. The van der Waals surface area contributed by atoms with Gasteiger partial charge < -0.3 is 15.1 Å². The van der Waals surface area contributed by atoms with E-state index >= 15 is 0 Å². The Morgan fingerprint density at radius 3 is 2.54 bits per heavy atom. The number of aromatic nitrogens is 2. The van der Waals surface area contributed by atoms with Crippen LogP contribution in [-0.2, 0) is 0 Å². The van der Waals surface area contributed by atoms with Gasteiger partial charge in [0.25, 0.3) is 5.91 Å². The Bertz CT molecular complexity index is 1020. The molecule has 1 aliphatic heterocycles. The smallest absolute Gasteiger partial charge is 0.273 e. The number of aromatic amines is 1. The molecular formula is C22H23N3O3. The number of amides is 1. The number of benzene rings is 2. The Kier molecular flexibility index (Phi) is 4.65. The molecule has 4 rings (SSSR count). The summed E-state index contributed by atoms with van der Waals surface area (Å²) in [5.74, 6) is -0.0104. The highest BCUT2D eigenvalue weighted by atomic mass is 16.3. The van der Waals surface area contributed by atoms with Crippen LogP contribution in [0.25, 0.3) is 11.3 Å². The van der Waals surface area contributed by atoms with Crippen molar-refractivity contribution in [1.82, 2.24) is 15.1 Å². The molecule has 28 heavy (non-hydrogen) atoms. The quantitative estimate of drug-likeness (QED) is 0.636. The minimum absolute atomic E-state index is 0.0160. The molecule has 3 N–H and O–H groups in total. The lowest BCUT2D eigenvalue weighted by Gasteiger charge is -2.26. The molecule has 0 bridgehead atoms. The van der Waals surface area contributed by atoms with Crippen molar-refractivity contribution in [2.75, 3.05) is 13.2 Å². The fourth-order valence-corrected chi connectivity index (χ4v) is 3.81. The number of hydrogen-bond acceptors (Lipinski definition) is 4. The van der Waals surface area contributed by atoms with Gasteiger partial charge in [-0.15, -0.1) is 0 Å². The van der Waals surface area contributed by atoms with Gasteiger partial charge >= 0.3 is 0 Å². The SMILES string of the molecule is Cc1ccc([C@H]2c3c(-c4cc(C)ccc4O)n[nH]c3C(=O)N2CCCO)cc1. The van der Waals surface area contributed by atoms with E-state index in [4.69, 9.17) is 0 Å². The summed E-state index contributed by atoms with van der Waals surface area (Å²) in [6, 6.07) is 13.1. The minimum Gasteiger partial charge on any atom is -0.507 e. The third kappa shape index (κ3) is 2.96. The summed E-state index contributed by atoms with van der Waals surface area (Å²) in [7, 11) is 0. The van der Waals surface area contributed by atoms with Crippen molar-refractivity contribution < 1.29 is 15.0 Å². The predicted octanol–water partition coefficient (Wildman–Crippen LogP) is 3.33. The Morgan fingerprint density at radius 2 is 1.82 bits per heavy atom. The van der Waals surface area contributed by atoms with E-state index in [0.717, 1.165) is 22.3 Å². The first-order valence-electron chi connectivity index (χ1n) is 9.38. The first kappa shape index (κ1) is 18.3. The number of aliphatic hydroxyl groups is 1. The summed E-state index contributed by atoms with van der Waals surface area (Å²) >= 11 is 0. The minimum atomic E-state index is -0.316. The number of phenols is 1. The monoisotopic (exact) mass is 377 g/mol. The summed E-state index contributed by atoms with van der Waals surface area (Å²) < 4.78 is 0. The zero-order valence-electron chi connectivity index (χ0n) is 15.9. The van der Waals surface area contributed by atoms with E-state index in [0.29, 0.717) is 29.9 Å². The molecule has 1 aromatic heterocycles. The number of nitrogens with zero attached hydrogens (tertiary/aromatic N) is 2. The second-order valence-electron chi connectivity index (χ2n) is 7.27. The van der Waals surface area contributed by atoms with Crippen molar-refractivity contribution >= 4 is 5.91 Å². The van der Waals surface area contributed by atoms with Crippen LogP contribution in [0.1, 0.15) is 45.2 Å². The summed E-state index contributed by atoms with van der Waals surface area (Å²) in [6.45, 7) is 4.43. The number of hydrogen-bond donors (Lipinski definition) is 3. The number of aliphatic hydroxyl groups excluding tert-OH is 1. The number of H-pyrrole nitrogens is 1. The molecule has 3 aromatic rings. The number of fused-ring (bicyclic) bond motifs is 1. The van der Waals surface area contributed by atoms with Crippen LogP contribution in [0, 0.1) is 13.8 Å². The van der Waals surface area contributed by atoms with Gasteiger partial charge in [0.1, 0.15) is 17.1 Å². The van der Waals surface area contributed by atoms with Crippen LogP contribution in [0.2, 0.25) is 0 Å². The van der Waals surface area contributed by atoms with Crippen molar-refractivity contribution in [2.45, 2.75) is 26.3 Å². The molecule has 0 aliphatic carbocycles. The van der Waals surface area contributed by atoms with E-state index in [1.165, 1.54) is 0 Å². The zero-order chi connectivity index (χ0) is 19.8. The van der Waals surface area contributed by atoms with Gasteiger partial charge in [0.15, 0.2) is 0 Å². The predicted molar refractivity (Wildman–Crippen MR) is 106 cm³/mol. The average Bonchev–Trinajstić information content (AvgIpc) is 3.22. The van der Waals surface area contributed by atoms with E-state index in [2.05, 4.69) is 10.2 Å². The highest BCUT2D eigenvalue weighted by molar-refractivity contribution is 6.00. The average molecular weight is 377 g/mol. The highest BCUT2D eigenvalue weighted by Crippen LogP contribution is 2.44. The molecule has 0 saturated carbocycles. The summed E-state index contributed by atoms with van der Waals surface area (Å²) in [5.41, 5.74) is 5.52. The first-order chi connectivity index (χ1) is 13.5. The number of carbonyl (C=O) groups excluding carboxylic acids is 1. The van der Waals surface area contributed by atoms with E-state index in [-0.39, 0.29) is 24.3 Å². The Hall–Kier alpha value is -3.12. The number of aromatic hydroxyl groups is 1. The van der Waals surface area contributed by atoms with Crippen LogP contribution in [0.5, 0.6) is 5.75 Å². The maximum atomic E-state index is 13.1. The second-order valence-corrected chi connectivity index (χ2v) is 7.27. The molecule has 6 heteroatoms. The molecule has 1 amide bonds. The molecular weight excluding hydrogens is 354 g/mol. The van der Waals surface area contributed by atoms with Gasteiger partial charge in [-0.05, 0) is 38.0 Å². The van der Waals surface area contributed by atoms with Crippen LogP contribution in [0.3, 0.4) is 0 Å². The lowest BCUT2D eigenvalue weighted by atomic mass is 9.94. The van der Waals surface area contributed by atoms with Gasteiger partial charge in [-0.1, -0.05) is 41.5 Å². The normalized spacial score (nSPS) is 15.9. The molecule has 6 nitrogen and oxygen atoms in total. The van der Waals surface area contributed by atoms with Crippen molar-refractivity contribution in [3.8, 4) is 17.0 Å². The molecule has 2 heterocycles. The van der Waals surface area contributed by atoms with Crippen molar-refractivity contribution in [2.24, 2.45) is 0 Å². The molecule has 2 aromatic carbocycles. The number of nitrogens with one attached hydrogen (secondary N) is 1. The maximum Gasteiger partial charge on any atom is 0.273 e. The topological polar surface area (TPSA) is 89.5 Å². The Balaban J connectivity index is 1.89. The van der Waals surface area contributed by atoms with Crippen molar-refractivity contribution in [1.29, 1.82) is 0 Å². The van der Waals surface area contributed by atoms with Crippen LogP contribution < -0.4 is 0 Å². The third-order valence-corrected chi connectivity index (χ3v) is 5.22. The summed E-state index contributed by atoms with van der Waals surface area (Å²) in [5, 5.41) is 27.0. The molecule has 0 spiro atoms. The number of carbonyl (C=O) groups is 1. The van der Waals surface area contributed by atoms with E-state index in [1.807, 2.05) is 50.2 Å². The third-order valence-electron chi connectivity index (χ3n) is 5.22. The van der Waals surface area contributed by atoms with Gasteiger partial charge in [0.2, 0.25) is 0 Å². The maximum absolute atomic E-state index is 13.1. The van der Waals surface area contributed by atoms with Crippen LogP contribution in [0.15, 0.2) is 42.5 Å². The largest absolute Gasteiger partial charge is 0.507 e. The molecule has 0 unspecified atom stereocenters. The van der Waals surface area contributed by atoms with Crippen molar-refractivity contribution in [3.63, 3.8) is 0 Å². The molecule has 1 aliphatic rings. The number of rotatable bonds is 5. The van der Waals surface area contributed by atoms with Gasteiger partial charge in [-0.25, -0.2) is 0 Å². The Labute approximate surface area is 163 Å². The molecule has 0 fully saturated rings. The molecule has 1 atom stereocenters. The standard InChI is InChI=1S/C22H23N3O3/c1-13-4-7-15(8-5-13)21-18-19(16-12-14(2)6-9-17(16)27)23-24-20(18)22(28)25(21)10-3-11-26/h4-9,12,21,26-27H,3,10-11H2,1-2H3,(H,23,24)/t21-/m0/s1. The molecule has 0 radical (unpaired) electrons. The van der Waals surface area contributed by atoms with Crippen molar-refractivity contribution in [3.05, 3.63) is 70.4 Å². The van der Waals surface area contributed by atoms with Gasteiger partial charge in [-0.2, -0.15) is 5.10 Å². The molecule has 0 saturated heterocycles. The van der Waals surface area contributed by atoms with E-state index in [9.17, 15) is 15.0 Å². The van der Waals surface area contributed by atoms with Crippen LogP contribution >= 0.6 is 0 Å². The van der Waals surface area contributed by atoms with Gasteiger partial charge in [0.05, 0.1) is 6.04 Å².